The molecule has 8 nitrogen and oxygen atoms in total. The summed E-state index contributed by atoms with van der Waals surface area (Å²) in [5.74, 6) is -2.75. The van der Waals surface area contributed by atoms with Crippen LogP contribution in [-0.4, -0.2) is 64.8 Å². The summed E-state index contributed by atoms with van der Waals surface area (Å²) < 4.78 is 11.5. The zero-order valence-corrected chi connectivity index (χ0v) is 18.3. The number of aliphatic hydroxyl groups excluding tert-OH is 1. The predicted octanol–water partition coefficient (Wildman–Crippen LogP) is 1.99. The molecule has 3 aliphatic heterocycles. The molecule has 3 saturated heterocycles. The summed E-state index contributed by atoms with van der Waals surface area (Å²) in [7, 11) is 0. The van der Waals surface area contributed by atoms with Crippen LogP contribution in [0, 0.1) is 11.8 Å². The molecule has 3 aliphatic rings. The van der Waals surface area contributed by atoms with Gasteiger partial charge < -0.3 is 24.8 Å². The number of hydrogen-bond acceptors (Lipinski definition) is 6. The molecular weight excluding hydrogens is 424 g/mol. The molecule has 1 aromatic carbocycles. The molecule has 1 spiro atoms. The van der Waals surface area contributed by atoms with Gasteiger partial charge in [-0.05, 0) is 50.5 Å². The fourth-order valence-electron chi connectivity index (χ4n) is 5.45. The Morgan fingerprint density at radius 2 is 2.06 bits per heavy atom. The lowest BCUT2D eigenvalue weighted by atomic mass is 9.70. The number of fused-ring (bicyclic) bond motifs is 1. The minimum absolute atomic E-state index is 0.203. The topological polar surface area (TPSA) is 105 Å². The van der Waals surface area contributed by atoms with E-state index in [-0.39, 0.29) is 19.1 Å². The molecule has 31 heavy (non-hydrogen) atoms. The van der Waals surface area contributed by atoms with Crippen molar-refractivity contribution in [3.63, 3.8) is 0 Å². The summed E-state index contributed by atoms with van der Waals surface area (Å²) in [6.45, 7) is 3.47. The van der Waals surface area contributed by atoms with Crippen LogP contribution in [0.2, 0.25) is 5.02 Å². The van der Waals surface area contributed by atoms with E-state index < -0.39 is 47.5 Å². The molecule has 4 rings (SSSR count). The van der Waals surface area contributed by atoms with Gasteiger partial charge in [0.2, 0.25) is 11.8 Å². The quantitative estimate of drug-likeness (QED) is 0.615. The Balaban J connectivity index is 1.72. The summed E-state index contributed by atoms with van der Waals surface area (Å²) in [5.41, 5.74) is -0.577. The van der Waals surface area contributed by atoms with Crippen molar-refractivity contribution >= 4 is 35.1 Å². The van der Waals surface area contributed by atoms with Crippen molar-refractivity contribution in [3.05, 3.63) is 29.3 Å². The summed E-state index contributed by atoms with van der Waals surface area (Å²) >= 11 is 5.93. The maximum atomic E-state index is 13.6. The molecule has 0 aliphatic carbocycles. The van der Waals surface area contributed by atoms with E-state index in [0.29, 0.717) is 30.0 Å². The third-order valence-corrected chi connectivity index (χ3v) is 6.98. The predicted molar refractivity (Wildman–Crippen MR) is 112 cm³/mol. The van der Waals surface area contributed by atoms with Gasteiger partial charge in [-0.2, -0.15) is 0 Å². The first-order valence-corrected chi connectivity index (χ1v) is 11.1. The largest absolute Gasteiger partial charge is 0.466 e. The van der Waals surface area contributed by atoms with Gasteiger partial charge in [-0.3, -0.25) is 14.4 Å². The number of carbonyl (C=O) groups is 3. The molecule has 3 heterocycles. The molecule has 0 radical (unpaired) electrons. The zero-order valence-electron chi connectivity index (χ0n) is 17.5. The molecular formula is C22H27ClN2O6. The van der Waals surface area contributed by atoms with Crippen LogP contribution in [0.5, 0.6) is 0 Å². The lowest BCUT2D eigenvalue weighted by Crippen LogP contribution is -2.56. The monoisotopic (exact) mass is 450 g/mol. The maximum absolute atomic E-state index is 13.6. The van der Waals surface area contributed by atoms with Crippen LogP contribution in [0.15, 0.2) is 24.3 Å². The second kappa shape index (κ2) is 8.41. The first-order chi connectivity index (χ1) is 14.9. The molecule has 3 fully saturated rings. The molecule has 2 N–H and O–H groups in total. The summed E-state index contributed by atoms with van der Waals surface area (Å²) in [6.07, 6.45) is 1.07. The van der Waals surface area contributed by atoms with E-state index in [4.69, 9.17) is 21.1 Å². The lowest BCUT2D eigenvalue weighted by molar-refractivity contribution is -0.155. The number of nitrogens with zero attached hydrogens (tertiary/aromatic N) is 1. The number of benzene rings is 1. The van der Waals surface area contributed by atoms with Crippen LogP contribution in [-0.2, 0) is 23.9 Å². The van der Waals surface area contributed by atoms with Gasteiger partial charge in [0.1, 0.15) is 11.6 Å². The van der Waals surface area contributed by atoms with Crippen LogP contribution in [0.25, 0.3) is 0 Å². The van der Waals surface area contributed by atoms with Gasteiger partial charge in [0.05, 0.1) is 37.2 Å². The number of halogens is 1. The van der Waals surface area contributed by atoms with Gasteiger partial charge in [0.15, 0.2) is 0 Å². The van der Waals surface area contributed by atoms with Crippen molar-refractivity contribution in [2.24, 2.45) is 11.8 Å². The fraction of sp³-hybridized carbons (Fsp3) is 0.591. The van der Waals surface area contributed by atoms with Crippen LogP contribution in [0.3, 0.4) is 0 Å². The van der Waals surface area contributed by atoms with Gasteiger partial charge in [0.25, 0.3) is 0 Å². The van der Waals surface area contributed by atoms with Gasteiger partial charge in [0, 0.05) is 10.7 Å². The van der Waals surface area contributed by atoms with E-state index in [1.807, 2.05) is 6.92 Å². The molecule has 9 heteroatoms. The van der Waals surface area contributed by atoms with Crippen molar-refractivity contribution in [3.8, 4) is 0 Å². The molecule has 0 aromatic heterocycles. The molecule has 0 unspecified atom stereocenters. The summed E-state index contributed by atoms with van der Waals surface area (Å²) in [5, 5.41) is 13.3. The first kappa shape index (κ1) is 22.0. The second-order valence-electron chi connectivity index (χ2n) is 8.29. The Labute approximate surface area is 185 Å². The van der Waals surface area contributed by atoms with Crippen molar-refractivity contribution in [1.29, 1.82) is 0 Å². The number of likely N-dealkylation sites (tertiary alicyclic amines) is 1. The van der Waals surface area contributed by atoms with E-state index >= 15 is 0 Å². The van der Waals surface area contributed by atoms with Gasteiger partial charge in [-0.1, -0.05) is 18.5 Å². The molecule has 6 atom stereocenters. The fourth-order valence-corrected chi connectivity index (χ4v) is 5.57. The minimum Gasteiger partial charge on any atom is -0.466 e. The third kappa shape index (κ3) is 3.41. The van der Waals surface area contributed by atoms with Crippen LogP contribution >= 0.6 is 11.6 Å². The number of hydrogen-bond donors (Lipinski definition) is 2. The third-order valence-electron chi connectivity index (χ3n) is 6.73. The molecule has 2 bridgehead atoms. The van der Waals surface area contributed by atoms with Gasteiger partial charge >= 0.3 is 5.97 Å². The molecule has 168 valence electrons. The Morgan fingerprint density at radius 1 is 1.35 bits per heavy atom. The molecule has 1 aromatic rings. The number of ether oxygens (including phenoxy) is 2. The average molecular weight is 451 g/mol. The first-order valence-electron chi connectivity index (χ1n) is 10.7. The SMILES string of the molecule is CCOC(=O)[C@@H]1[C@@H]2CC[C@]3(O2)[C@H](C(=O)Nc2ccc(Cl)cc2)N([C@@H](CC)CO)C(=O)[C@@H]13. The Hall–Kier alpha value is -2.16. The second-order valence-corrected chi connectivity index (χ2v) is 8.73. The van der Waals surface area contributed by atoms with Gasteiger partial charge in [-0.25, -0.2) is 0 Å². The normalized spacial score (nSPS) is 32.1. The summed E-state index contributed by atoms with van der Waals surface area (Å²) in [6, 6.07) is 5.16. The number of carbonyl (C=O) groups excluding carboxylic acids is 3. The van der Waals surface area contributed by atoms with Gasteiger partial charge in [-0.15, -0.1) is 0 Å². The highest BCUT2D eigenvalue weighted by molar-refractivity contribution is 6.30. The molecule has 2 amide bonds. The Morgan fingerprint density at radius 3 is 2.68 bits per heavy atom. The van der Waals surface area contributed by atoms with Crippen molar-refractivity contribution in [2.45, 2.75) is 56.9 Å². The van der Waals surface area contributed by atoms with E-state index in [9.17, 15) is 19.5 Å². The van der Waals surface area contributed by atoms with E-state index in [0.717, 1.165) is 0 Å². The Bertz CT molecular complexity index is 873. The van der Waals surface area contributed by atoms with Crippen LogP contribution in [0.4, 0.5) is 5.69 Å². The smallest absolute Gasteiger partial charge is 0.312 e. The number of aliphatic hydroxyl groups is 1. The minimum atomic E-state index is -1.11. The van der Waals surface area contributed by atoms with Crippen molar-refractivity contribution < 1.29 is 29.0 Å². The van der Waals surface area contributed by atoms with E-state index in [1.54, 1.807) is 31.2 Å². The van der Waals surface area contributed by atoms with Crippen LogP contribution < -0.4 is 5.32 Å². The average Bonchev–Trinajstić information content (AvgIpc) is 3.39. The van der Waals surface area contributed by atoms with Crippen molar-refractivity contribution in [2.75, 3.05) is 18.5 Å². The number of rotatable bonds is 7. The number of amides is 2. The lowest BCUT2D eigenvalue weighted by Gasteiger charge is -2.36. The van der Waals surface area contributed by atoms with Crippen LogP contribution in [0.1, 0.15) is 33.1 Å². The van der Waals surface area contributed by atoms with E-state index in [2.05, 4.69) is 5.32 Å². The highest BCUT2D eigenvalue weighted by atomic mass is 35.5. The van der Waals surface area contributed by atoms with Crippen molar-refractivity contribution in [1.82, 2.24) is 4.90 Å². The molecule has 0 saturated carbocycles. The number of anilines is 1. The van der Waals surface area contributed by atoms with E-state index in [1.165, 1.54) is 4.90 Å². The maximum Gasteiger partial charge on any atom is 0.312 e. The standard InChI is InChI=1S/C22H27ClN2O6/c1-3-14(11-26)25-18(19(27)24-13-7-5-12(23)6-8-13)22-10-9-15(31-22)16(17(22)20(25)28)21(29)30-4-2/h5-8,14-18,26H,3-4,9-11H2,1-2H3,(H,24,27)/t14-,15-,16+,17+,18-,22+/m0/s1. The summed E-state index contributed by atoms with van der Waals surface area (Å²) in [4.78, 5) is 41.2. The highest BCUT2D eigenvalue weighted by Crippen LogP contribution is 2.59. The highest BCUT2D eigenvalue weighted by Gasteiger charge is 2.75. The number of esters is 1. The number of nitrogens with one attached hydrogen (secondary N) is 1. The zero-order chi connectivity index (χ0) is 22.3. The Kier molecular flexibility index (Phi) is 5.98.